The van der Waals surface area contributed by atoms with Gasteiger partial charge in [-0.25, -0.2) is 14.8 Å². The monoisotopic (exact) mass is 574 g/mol. The van der Waals surface area contributed by atoms with E-state index >= 15 is 0 Å². The molecule has 1 saturated heterocycles. The Labute approximate surface area is 210 Å². The molecule has 2 heterocycles. The van der Waals surface area contributed by atoms with Gasteiger partial charge in [-0.1, -0.05) is 13.0 Å². The lowest BCUT2D eigenvalue weighted by Crippen LogP contribution is -2.52. The van der Waals surface area contributed by atoms with E-state index in [1.165, 1.54) is 25.8 Å². The Balaban J connectivity index is 0.00000363. The zero-order valence-electron chi connectivity index (χ0n) is 19.0. The maximum absolute atomic E-state index is 12.0. The van der Waals surface area contributed by atoms with Gasteiger partial charge in [-0.3, -0.25) is 0 Å². The van der Waals surface area contributed by atoms with E-state index in [2.05, 4.69) is 38.3 Å². The van der Waals surface area contributed by atoms with Crippen LogP contribution >= 0.6 is 35.5 Å². The van der Waals surface area contributed by atoms with E-state index in [9.17, 15) is 4.79 Å². The first kappa shape index (κ1) is 26.1. The summed E-state index contributed by atoms with van der Waals surface area (Å²) in [4.78, 5) is 26.0. The average molecular weight is 574 g/mol. The van der Waals surface area contributed by atoms with Gasteiger partial charge in [0.2, 0.25) is 5.13 Å². The highest BCUT2D eigenvalue weighted by Gasteiger charge is 2.22. The average Bonchev–Trinajstić information content (AvgIpc) is 3.30. The fraction of sp³-hybridized carbons (Fsp3) is 0.524. The summed E-state index contributed by atoms with van der Waals surface area (Å²) in [5.41, 5.74) is 1.32. The van der Waals surface area contributed by atoms with E-state index < -0.39 is 5.97 Å². The van der Waals surface area contributed by atoms with Crippen molar-refractivity contribution < 1.29 is 14.3 Å². The number of hydrogen-bond donors (Lipinski definition) is 1. The van der Waals surface area contributed by atoms with Crippen LogP contribution in [0.4, 0.5) is 5.13 Å². The smallest absolute Gasteiger partial charge is 0.341 e. The molecule has 1 fully saturated rings. The number of halogens is 1. The number of hydrogen-bond acceptors (Lipinski definition) is 8. The normalized spacial score (nSPS) is 14.1. The van der Waals surface area contributed by atoms with E-state index in [4.69, 9.17) is 14.5 Å². The Morgan fingerprint density at radius 2 is 1.97 bits per heavy atom. The number of rotatable bonds is 7. The Hall–Kier alpha value is -2.15. The van der Waals surface area contributed by atoms with Crippen molar-refractivity contribution in [2.24, 2.45) is 4.99 Å². The molecule has 1 aromatic heterocycles. The van der Waals surface area contributed by atoms with Crippen molar-refractivity contribution in [1.29, 1.82) is 0 Å². The molecular formula is C21H31IN6O3S. The Morgan fingerprint density at radius 1 is 1.22 bits per heavy atom. The summed E-state index contributed by atoms with van der Waals surface area (Å²) < 4.78 is 14.5. The Morgan fingerprint density at radius 3 is 2.56 bits per heavy atom. The molecule has 0 amide bonds. The maximum atomic E-state index is 12.0. The number of aromatic nitrogens is 2. The van der Waals surface area contributed by atoms with E-state index in [1.807, 2.05) is 6.07 Å². The lowest BCUT2D eigenvalue weighted by Gasteiger charge is -2.36. The molecule has 3 rings (SSSR count). The predicted octanol–water partition coefficient (Wildman–Crippen LogP) is 2.80. The second-order valence-corrected chi connectivity index (χ2v) is 7.75. The van der Waals surface area contributed by atoms with Gasteiger partial charge in [0.25, 0.3) is 0 Å². The lowest BCUT2D eigenvalue weighted by molar-refractivity contribution is 0.0597. The number of piperazine rings is 1. The fourth-order valence-corrected chi connectivity index (χ4v) is 4.14. The van der Waals surface area contributed by atoms with Crippen LogP contribution in [0.1, 0.15) is 35.6 Å². The van der Waals surface area contributed by atoms with Crippen LogP contribution in [0.5, 0.6) is 5.75 Å². The number of carbonyl (C=O) groups is 1. The lowest BCUT2D eigenvalue weighted by atomic mass is 10.1. The summed E-state index contributed by atoms with van der Waals surface area (Å²) >= 11 is 1.47. The molecule has 0 atom stereocenters. The maximum Gasteiger partial charge on any atom is 0.341 e. The van der Waals surface area contributed by atoms with E-state index in [-0.39, 0.29) is 24.0 Å². The van der Waals surface area contributed by atoms with Gasteiger partial charge in [0.15, 0.2) is 5.96 Å². The fourth-order valence-electron chi connectivity index (χ4n) is 3.34. The molecule has 0 bridgehead atoms. The van der Waals surface area contributed by atoms with Crippen molar-refractivity contribution in [2.45, 2.75) is 26.8 Å². The molecule has 9 nitrogen and oxygen atoms in total. The van der Waals surface area contributed by atoms with Crippen LogP contribution in [0.2, 0.25) is 0 Å². The van der Waals surface area contributed by atoms with Crippen molar-refractivity contribution >= 4 is 52.6 Å². The summed E-state index contributed by atoms with van der Waals surface area (Å²) in [5.74, 6) is 1.84. The number of anilines is 1. The highest BCUT2D eigenvalue weighted by Crippen LogP contribution is 2.22. The predicted molar refractivity (Wildman–Crippen MR) is 138 cm³/mol. The summed E-state index contributed by atoms with van der Waals surface area (Å²) in [6.07, 6.45) is 0.858. The molecule has 0 radical (unpaired) electrons. The molecule has 2 aromatic rings. The second kappa shape index (κ2) is 12.8. The van der Waals surface area contributed by atoms with E-state index in [0.717, 1.165) is 61.6 Å². The van der Waals surface area contributed by atoms with Crippen LogP contribution in [0, 0.1) is 0 Å². The van der Waals surface area contributed by atoms with Gasteiger partial charge in [0.1, 0.15) is 17.1 Å². The van der Waals surface area contributed by atoms with Crippen LogP contribution in [0.25, 0.3) is 0 Å². The van der Waals surface area contributed by atoms with Crippen molar-refractivity contribution in [1.82, 2.24) is 19.6 Å². The van der Waals surface area contributed by atoms with E-state index in [0.29, 0.717) is 17.9 Å². The number of aryl methyl sites for hydroxylation is 1. The third-order valence-electron chi connectivity index (χ3n) is 5.04. The molecule has 32 heavy (non-hydrogen) atoms. The third-order valence-corrected chi connectivity index (χ3v) is 5.85. The van der Waals surface area contributed by atoms with E-state index in [1.54, 1.807) is 12.1 Å². The minimum absolute atomic E-state index is 0. The standard InChI is InChI=1S/C21H30N6O3S.HI/c1-5-18-24-21(31-25-18)27-11-9-26(10-12-27)20(22-6-2)23-14-15-7-8-17(29-3)16(13-15)19(28)30-4;/h7-8,13H,5-6,9-12,14H2,1-4H3,(H,22,23);1H. The minimum Gasteiger partial charge on any atom is -0.496 e. The number of nitrogens with zero attached hydrogens (tertiary/aromatic N) is 5. The molecule has 1 aromatic carbocycles. The summed E-state index contributed by atoms with van der Waals surface area (Å²) in [5, 5.41) is 4.37. The van der Waals surface area contributed by atoms with Crippen molar-refractivity contribution in [3.8, 4) is 5.75 Å². The first-order valence-electron chi connectivity index (χ1n) is 10.5. The first-order chi connectivity index (χ1) is 15.1. The van der Waals surface area contributed by atoms with Gasteiger partial charge >= 0.3 is 5.97 Å². The van der Waals surface area contributed by atoms with Gasteiger partial charge in [0.05, 0.1) is 20.8 Å². The number of carbonyl (C=O) groups excluding carboxylic acids is 1. The molecule has 0 spiro atoms. The number of nitrogens with one attached hydrogen (secondary N) is 1. The molecule has 1 aliphatic rings. The molecule has 0 aliphatic carbocycles. The summed E-state index contributed by atoms with van der Waals surface area (Å²) in [6.45, 7) is 8.81. The number of benzene rings is 1. The quantitative estimate of drug-likeness (QED) is 0.234. The number of guanidine groups is 1. The number of aliphatic imine (C=N–C) groups is 1. The van der Waals surface area contributed by atoms with Crippen LogP contribution in [-0.4, -0.2) is 73.1 Å². The Bertz CT molecular complexity index is 915. The van der Waals surface area contributed by atoms with Crippen molar-refractivity contribution in [3.05, 3.63) is 35.2 Å². The summed E-state index contributed by atoms with van der Waals surface area (Å²) in [6, 6.07) is 5.46. The number of ether oxygens (including phenoxy) is 2. The van der Waals surface area contributed by atoms with Crippen LogP contribution in [0.15, 0.2) is 23.2 Å². The van der Waals surface area contributed by atoms with Gasteiger partial charge in [0, 0.05) is 50.7 Å². The molecule has 11 heteroatoms. The molecule has 0 unspecified atom stereocenters. The largest absolute Gasteiger partial charge is 0.496 e. The number of esters is 1. The highest BCUT2D eigenvalue weighted by molar-refractivity contribution is 14.0. The third kappa shape index (κ3) is 6.44. The van der Waals surface area contributed by atoms with Crippen LogP contribution < -0.4 is 15.0 Å². The number of methoxy groups -OCH3 is 2. The first-order valence-corrected chi connectivity index (χ1v) is 11.2. The SMILES string of the molecule is CCNC(=NCc1ccc(OC)c(C(=O)OC)c1)N1CCN(c2nc(CC)ns2)CC1.I. The zero-order valence-corrected chi connectivity index (χ0v) is 22.1. The molecule has 0 saturated carbocycles. The van der Waals surface area contributed by atoms with Crippen molar-refractivity contribution in [3.63, 3.8) is 0 Å². The summed E-state index contributed by atoms with van der Waals surface area (Å²) in [7, 11) is 2.90. The van der Waals surface area contributed by atoms with Crippen LogP contribution in [-0.2, 0) is 17.7 Å². The van der Waals surface area contributed by atoms with Gasteiger partial charge < -0.3 is 24.6 Å². The minimum atomic E-state index is -0.423. The molecule has 1 N–H and O–H groups in total. The van der Waals surface area contributed by atoms with Gasteiger partial charge in [-0.05, 0) is 24.6 Å². The molecule has 1 aliphatic heterocycles. The topological polar surface area (TPSA) is 92.2 Å². The highest BCUT2D eigenvalue weighted by atomic mass is 127. The second-order valence-electron chi connectivity index (χ2n) is 7.02. The van der Waals surface area contributed by atoms with Crippen molar-refractivity contribution in [2.75, 3.05) is 51.8 Å². The zero-order chi connectivity index (χ0) is 22.2. The van der Waals surface area contributed by atoms with Gasteiger partial charge in [-0.15, -0.1) is 24.0 Å². The molecule has 176 valence electrons. The molecular weight excluding hydrogens is 543 g/mol. The van der Waals surface area contributed by atoms with Gasteiger partial charge in [-0.2, -0.15) is 4.37 Å². The Kier molecular flexibility index (Phi) is 10.4. The van der Waals surface area contributed by atoms with Crippen LogP contribution in [0.3, 0.4) is 0 Å².